The van der Waals surface area contributed by atoms with Gasteiger partial charge in [-0.15, -0.1) is 0 Å². The largest absolute Gasteiger partial charge is 0.314 e. The molecule has 0 amide bonds. The average molecular weight is 890 g/mol. The molecule has 0 spiro atoms. The van der Waals surface area contributed by atoms with Crippen LogP contribution in [0.2, 0.25) is 0 Å². The number of rotatable bonds is 17. The molecule has 0 fully saturated rings. The van der Waals surface area contributed by atoms with Crippen LogP contribution in [0.3, 0.4) is 0 Å². The molecule has 2 N–H and O–H groups in total. The van der Waals surface area contributed by atoms with E-state index in [1.54, 1.807) is 0 Å². The van der Waals surface area contributed by atoms with E-state index in [0.717, 1.165) is 59.6 Å². The molecule has 0 aliphatic heterocycles. The van der Waals surface area contributed by atoms with Gasteiger partial charge in [0.05, 0.1) is 0 Å². The highest BCUT2D eigenvalue weighted by atomic mass is 31.0. The Labute approximate surface area is 400 Å². The van der Waals surface area contributed by atoms with Crippen molar-refractivity contribution in [2.24, 2.45) is 16.4 Å². The Morgan fingerprint density at radius 1 is 0.803 bits per heavy atom. The molecular formula is C62H72N3P. The minimum atomic E-state index is 0.279. The second-order valence-corrected chi connectivity index (χ2v) is 16.5. The van der Waals surface area contributed by atoms with Crippen molar-refractivity contribution in [2.45, 2.75) is 73.6 Å². The number of nitrogens with two attached hydrogens (primary N) is 1. The van der Waals surface area contributed by atoms with Crippen LogP contribution in [0.25, 0.3) is 40.5 Å². The molecular weight excluding hydrogens is 818 g/mol. The molecule has 2 aliphatic carbocycles. The molecule has 4 heteroatoms. The zero-order valence-electron chi connectivity index (χ0n) is 40.6. The summed E-state index contributed by atoms with van der Waals surface area (Å²) < 4.78 is 0. The predicted octanol–water partition coefficient (Wildman–Crippen LogP) is 15.3. The number of benzene rings is 3. The third-order valence-corrected chi connectivity index (χ3v) is 11.3. The Morgan fingerprint density at radius 2 is 1.44 bits per heavy atom. The second-order valence-electron chi connectivity index (χ2n) is 16.5. The molecule has 0 aromatic heterocycles. The Hall–Kier alpha value is -6.38. The highest BCUT2D eigenvalue weighted by molar-refractivity contribution is 7.13. The van der Waals surface area contributed by atoms with Gasteiger partial charge < -0.3 is 5.50 Å². The first-order chi connectivity index (χ1) is 32.1. The second kappa shape index (κ2) is 27.8. The van der Waals surface area contributed by atoms with E-state index in [1.807, 2.05) is 41.6 Å². The molecule has 340 valence electrons. The zero-order valence-corrected chi connectivity index (χ0v) is 41.8. The number of hydrogen-bond acceptors (Lipinski definition) is 2. The maximum absolute atomic E-state index is 4.87. The SMILES string of the molecule is C=C/C=C(\C=C/C)N(C(=NC)C1=C/C=CCC/C=C\1)C(/C=C\C(=C)/C=C/C=C(CC(=C)/C=C\c1c(C)c(-c2ccccc2)c2c(c1-c1ccccc1)=CCCC=2)\C(C)=C/C)=C/C(C)C.NP. The van der Waals surface area contributed by atoms with Crippen molar-refractivity contribution < 1.29 is 0 Å². The van der Waals surface area contributed by atoms with Gasteiger partial charge in [-0.2, -0.15) is 0 Å². The predicted molar refractivity (Wildman–Crippen MR) is 298 cm³/mol. The van der Waals surface area contributed by atoms with Gasteiger partial charge in [-0.1, -0.05) is 218 Å². The molecule has 0 radical (unpaired) electrons. The summed E-state index contributed by atoms with van der Waals surface area (Å²) in [6.45, 7) is 26.0. The fourth-order valence-electron chi connectivity index (χ4n) is 8.14. The summed E-state index contributed by atoms with van der Waals surface area (Å²) in [5.74, 6) is 1.13. The maximum atomic E-state index is 4.87. The van der Waals surface area contributed by atoms with Crippen LogP contribution < -0.4 is 15.9 Å². The van der Waals surface area contributed by atoms with Crippen molar-refractivity contribution in [1.82, 2.24) is 4.90 Å². The van der Waals surface area contributed by atoms with E-state index in [1.165, 1.54) is 55.0 Å². The van der Waals surface area contributed by atoms with Crippen LogP contribution in [0, 0.1) is 12.8 Å². The highest BCUT2D eigenvalue weighted by Gasteiger charge is 2.21. The Kier molecular flexibility index (Phi) is 22.0. The standard InChI is InChI=1S/C62H68N2.H4NP/c1-11-28-55(29-12-2)64(62(63-10)53-35-19-15-14-16-20-36-53)56(44-46(4)5)42-40-47(6)30-27-37-54(49(8)13-3)45-48(7)41-43-57-50(9)60(51-31-21-17-22-32-51)58-38-25-26-39-59(58)61(57)52-33-23-18-24-34-52;1-2/h11-13,15,17-24,27-44,46H,1,6-7,14,16,25-26,45H2,2-5,8-10H3;1-2H2/b19-15?,29-12-,30-27+,36-20-,42-40-,43-41-,49-13-,53-35+,54-37-,55-28+,56-44+,63-62?;. The van der Waals surface area contributed by atoms with Crippen molar-refractivity contribution >= 4 is 33.5 Å². The number of aliphatic imine (C=N–C) groups is 1. The van der Waals surface area contributed by atoms with E-state index >= 15 is 0 Å². The molecule has 5 rings (SSSR count). The molecule has 1 unspecified atom stereocenters. The van der Waals surface area contributed by atoms with Gasteiger partial charge in [-0.25, -0.2) is 0 Å². The summed E-state index contributed by atoms with van der Waals surface area (Å²) in [5.41, 5.74) is 19.4. The number of nitrogens with zero attached hydrogens (tertiary/aromatic N) is 2. The van der Waals surface area contributed by atoms with E-state index in [-0.39, 0.29) is 5.92 Å². The van der Waals surface area contributed by atoms with Crippen molar-refractivity contribution in [3.8, 4) is 22.3 Å². The van der Waals surface area contributed by atoms with Gasteiger partial charge >= 0.3 is 0 Å². The van der Waals surface area contributed by atoms with Gasteiger partial charge in [0.2, 0.25) is 0 Å². The molecule has 1 atom stereocenters. The van der Waals surface area contributed by atoms with Crippen LogP contribution in [-0.4, -0.2) is 17.8 Å². The molecule has 3 aromatic rings. The highest BCUT2D eigenvalue weighted by Crippen LogP contribution is 2.32. The topological polar surface area (TPSA) is 41.6 Å². The minimum absolute atomic E-state index is 0.279. The number of allylic oxidation sites excluding steroid dienone is 20. The van der Waals surface area contributed by atoms with Crippen LogP contribution in [0.15, 0.2) is 228 Å². The lowest BCUT2D eigenvalue weighted by molar-refractivity contribution is 0.652. The summed E-state index contributed by atoms with van der Waals surface area (Å²) in [6, 6.07) is 21.7. The summed E-state index contributed by atoms with van der Waals surface area (Å²) >= 11 is 0. The first-order valence-corrected chi connectivity index (χ1v) is 23.8. The Morgan fingerprint density at radius 3 is 2.05 bits per heavy atom. The van der Waals surface area contributed by atoms with Crippen molar-refractivity contribution in [2.75, 3.05) is 7.05 Å². The van der Waals surface area contributed by atoms with E-state index in [0.29, 0.717) is 6.42 Å². The van der Waals surface area contributed by atoms with Crippen molar-refractivity contribution in [3.63, 3.8) is 0 Å². The van der Waals surface area contributed by atoms with E-state index in [2.05, 4.69) is 229 Å². The summed E-state index contributed by atoms with van der Waals surface area (Å²) in [4.78, 5) is 7.08. The fourth-order valence-corrected chi connectivity index (χ4v) is 8.14. The monoisotopic (exact) mass is 890 g/mol. The van der Waals surface area contributed by atoms with Gasteiger partial charge in [0.25, 0.3) is 0 Å². The Bertz CT molecular complexity index is 2680. The smallest absolute Gasteiger partial charge is 0.139 e. The first-order valence-electron chi connectivity index (χ1n) is 23.1. The van der Waals surface area contributed by atoms with E-state index < -0.39 is 0 Å². The lowest BCUT2D eigenvalue weighted by Crippen LogP contribution is -2.33. The van der Waals surface area contributed by atoms with E-state index in [4.69, 9.17) is 4.99 Å². The first kappa shape index (κ1) is 52.2. The van der Waals surface area contributed by atoms with Gasteiger partial charge in [-0.05, 0) is 139 Å². The van der Waals surface area contributed by atoms with Gasteiger partial charge in [0.1, 0.15) is 5.84 Å². The van der Waals surface area contributed by atoms with Gasteiger partial charge in [0, 0.05) is 24.0 Å². The third kappa shape index (κ3) is 14.6. The van der Waals surface area contributed by atoms with Crippen LogP contribution >= 0.6 is 9.39 Å². The molecule has 3 aromatic carbocycles. The van der Waals surface area contributed by atoms with Crippen LogP contribution in [0.5, 0.6) is 0 Å². The quantitative estimate of drug-likeness (QED) is 0.0635. The number of hydrogen-bond donors (Lipinski definition) is 1. The van der Waals surface area contributed by atoms with Crippen LogP contribution in [-0.2, 0) is 0 Å². The molecule has 66 heavy (non-hydrogen) atoms. The fraction of sp³-hybridized carbons (Fsp3) is 0.210. The summed E-state index contributed by atoms with van der Waals surface area (Å²) in [5, 5.41) is 2.66. The normalized spacial score (nSPS) is 16.3. The van der Waals surface area contributed by atoms with E-state index in [9.17, 15) is 0 Å². The average Bonchev–Trinajstić information content (AvgIpc) is 3.32. The van der Waals surface area contributed by atoms with Crippen LogP contribution in [0.1, 0.15) is 77.8 Å². The molecule has 2 aliphatic rings. The molecule has 0 bridgehead atoms. The van der Waals surface area contributed by atoms with Gasteiger partial charge in [0.15, 0.2) is 0 Å². The summed E-state index contributed by atoms with van der Waals surface area (Å²) in [7, 11) is 3.77. The molecule has 0 heterocycles. The van der Waals surface area contributed by atoms with Crippen LogP contribution in [0.4, 0.5) is 0 Å². The number of amidine groups is 1. The molecule has 0 saturated carbocycles. The third-order valence-electron chi connectivity index (χ3n) is 11.3. The number of fused-ring (bicyclic) bond motifs is 1. The van der Waals surface area contributed by atoms with Gasteiger partial charge in [-0.3, -0.25) is 9.89 Å². The molecule has 3 nitrogen and oxygen atoms in total. The van der Waals surface area contributed by atoms with Crippen molar-refractivity contribution in [3.05, 3.63) is 245 Å². The Balaban J connectivity index is 0.00000469. The van der Waals surface area contributed by atoms with Crippen molar-refractivity contribution in [1.29, 1.82) is 0 Å². The summed E-state index contributed by atoms with van der Waals surface area (Å²) in [6.07, 6.45) is 48.1. The lowest BCUT2D eigenvalue weighted by atomic mass is 9.84. The minimum Gasteiger partial charge on any atom is -0.314 e. The zero-order chi connectivity index (χ0) is 47.8. The lowest BCUT2D eigenvalue weighted by Gasteiger charge is -2.29. The maximum Gasteiger partial charge on any atom is 0.139 e. The molecule has 0 saturated heterocycles.